The second-order valence-corrected chi connectivity index (χ2v) is 22.3. The van der Waals surface area contributed by atoms with Crippen LogP contribution in [0.2, 0.25) is 0 Å². The van der Waals surface area contributed by atoms with E-state index in [1.165, 1.54) is 71.1 Å². The van der Waals surface area contributed by atoms with Gasteiger partial charge in [0.1, 0.15) is 0 Å². The third kappa shape index (κ3) is 6.29. The Bertz CT molecular complexity index is 1830. The summed E-state index contributed by atoms with van der Waals surface area (Å²) in [4.78, 5) is 26.9. The highest BCUT2D eigenvalue weighted by Gasteiger charge is 2.70. The van der Waals surface area contributed by atoms with Crippen molar-refractivity contribution < 1.29 is 23.1 Å². The zero-order valence-electron chi connectivity index (χ0n) is 34.9. The average Bonchev–Trinajstić information content (AvgIpc) is 3.52. The van der Waals surface area contributed by atoms with E-state index in [0.717, 1.165) is 18.5 Å². The van der Waals surface area contributed by atoms with Gasteiger partial charge in [-0.1, -0.05) is 65.0 Å². The highest BCUT2D eigenvalue weighted by molar-refractivity contribution is 7.86. The van der Waals surface area contributed by atoms with E-state index >= 15 is 0 Å². The maximum absolute atomic E-state index is 13.4. The smallest absolute Gasteiger partial charge is 0.335 e. The zero-order valence-corrected chi connectivity index (χ0v) is 35.7. The van der Waals surface area contributed by atoms with E-state index in [0.29, 0.717) is 67.9 Å². The number of allylic oxidation sites excluding steroid dienone is 3. The van der Waals surface area contributed by atoms with E-state index in [1.807, 2.05) is 17.0 Å². The number of aromatic carboxylic acids is 1. The maximum atomic E-state index is 13.4. The van der Waals surface area contributed by atoms with Crippen LogP contribution in [0.15, 0.2) is 42.5 Å². The molecule has 6 aliphatic rings. The van der Waals surface area contributed by atoms with Crippen LogP contribution in [0.25, 0.3) is 5.57 Å². The van der Waals surface area contributed by atoms with E-state index in [2.05, 4.69) is 59.5 Å². The van der Waals surface area contributed by atoms with E-state index in [9.17, 15) is 23.1 Å². The molecule has 0 aromatic heterocycles. The van der Waals surface area contributed by atoms with Crippen molar-refractivity contribution in [3.63, 3.8) is 0 Å². The highest BCUT2D eigenvalue weighted by atomic mass is 32.2. The molecule has 0 bridgehead atoms. The number of nitrogens with zero attached hydrogens (tertiary/aromatic N) is 3. The molecule has 5 aliphatic carbocycles. The van der Waals surface area contributed by atoms with Crippen molar-refractivity contribution >= 4 is 27.7 Å². The SMILES string of the molecule is C=C(C)C1CCC2(CNCC(=O)N3CCN(S(=O)(=O)N(C)C)CC3)CCC3(C)C(CCC4C5(C)CC=C(c6ccc(C(=O)O)cc6)C(C)(C)C5CCC43C)C12. The summed E-state index contributed by atoms with van der Waals surface area (Å²) in [5.41, 5.74) is 4.96. The van der Waals surface area contributed by atoms with Gasteiger partial charge in [-0.15, -0.1) is 0 Å². The van der Waals surface area contributed by atoms with Crippen molar-refractivity contribution in [1.29, 1.82) is 0 Å². The predicted molar refractivity (Wildman–Crippen MR) is 219 cm³/mol. The Labute approximate surface area is 331 Å². The van der Waals surface area contributed by atoms with Crippen molar-refractivity contribution in [3.8, 4) is 0 Å². The lowest BCUT2D eigenvalue weighted by Gasteiger charge is -2.72. The number of carboxylic acid groups (broad SMARTS) is 1. The van der Waals surface area contributed by atoms with Crippen molar-refractivity contribution in [3.05, 3.63) is 53.6 Å². The molecule has 1 saturated heterocycles. The van der Waals surface area contributed by atoms with E-state index in [-0.39, 0.29) is 33.0 Å². The van der Waals surface area contributed by atoms with Crippen LogP contribution >= 0.6 is 0 Å². The summed E-state index contributed by atoms with van der Waals surface area (Å²) in [6, 6.07) is 7.54. The minimum Gasteiger partial charge on any atom is -0.478 e. The van der Waals surface area contributed by atoms with Gasteiger partial charge in [0, 0.05) is 46.8 Å². The predicted octanol–water partition coefficient (Wildman–Crippen LogP) is 7.58. The molecule has 9 atom stereocenters. The summed E-state index contributed by atoms with van der Waals surface area (Å²) in [6.45, 7) is 22.4. The van der Waals surface area contributed by atoms with Gasteiger partial charge < -0.3 is 15.3 Å². The van der Waals surface area contributed by atoms with Crippen LogP contribution in [0.1, 0.15) is 115 Å². The number of hydrogen-bond acceptors (Lipinski definition) is 5. The van der Waals surface area contributed by atoms with Crippen LogP contribution in [0.4, 0.5) is 0 Å². The minimum atomic E-state index is -3.47. The number of carbonyl (C=O) groups excluding carboxylic acids is 1. The number of nitrogens with one attached hydrogen (secondary N) is 1. The molecule has 1 aromatic rings. The molecular formula is C45H68N4O5S. The third-order valence-electron chi connectivity index (χ3n) is 17.4. The number of benzene rings is 1. The lowest BCUT2D eigenvalue weighted by molar-refractivity contribution is -0.225. The van der Waals surface area contributed by atoms with Gasteiger partial charge in [-0.2, -0.15) is 17.0 Å². The second kappa shape index (κ2) is 14.1. The molecule has 0 spiro atoms. The van der Waals surface area contributed by atoms with E-state index in [4.69, 9.17) is 0 Å². The molecule has 7 rings (SSSR count). The molecular weight excluding hydrogens is 709 g/mol. The Hall–Kier alpha value is -2.53. The Balaban J connectivity index is 1.08. The minimum absolute atomic E-state index is 0.0182. The molecule has 0 radical (unpaired) electrons. The van der Waals surface area contributed by atoms with Gasteiger partial charge in [-0.25, -0.2) is 4.79 Å². The van der Waals surface area contributed by atoms with Crippen molar-refractivity contribution in [1.82, 2.24) is 18.8 Å². The van der Waals surface area contributed by atoms with Crippen LogP contribution < -0.4 is 5.32 Å². The van der Waals surface area contributed by atoms with Crippen molar-refractivity contribution in [2.45, 2.75) is 99.3 Å². The van der Waals surface area contributed by atoms with Gasteiger partial charge in [0.25, 0.3) is 10.2 Å². The molecule has 5 fully saturated rings. The molecule has 1 amide bonds. The van der Waals surface area contributed by atoms with Crippen LogP contribution in [-0.2, 0) is 15.0 Å². The molecule has 304 valence electrons. The van der Waals surface area contributed by atoms with Gasteiger partial charge in [-0.05, 0) is 145 Å². The Morgan fingerprint density at radius 2 is 1.56 bits per heavy atom. The number of rotatable bonds is 9. The number of carboxylic acids is 1. The van der Waals surface area contributed by atoms with Crippen LogP contribution in [0.3, 0.4) is 0 Å². The normalized spacial score (nSPS) is 38.7. The third-order valence-corrected chi connectivity index (χ3v) is 19.3. The van der Waals surface area contributed by atoms with Crippen LogP contribution in [0.5, 0.6) is 0 Å². The summed E-state index contributed by atoms with van der Waals surface area (Å²) < 4.78 is 27.9. The first kappa shape index (κ1) is 40.7. The first-order valence-electron chi connectivity index (χ1n) is 21.1. The largest absolute Gasteiger partial charge is 0.478 e. The fourth-order valence-electron chi connectivity index (χ4n) is 14.4. The molecule has 1 heterocycles. The molecule has 9 nitrogen and oxygen atoms in total. The first-order chi connectivity index (χ1) is 25.7. The lowest BCUT2D eigenvalue weighted by atomic mass is 9.32. The standard InChI is InChI=1S/C45H68N4O5S/c1-30(2)33-16-21-45(29-46-28-38(50)48-24-26-49(27-25-48)55(53,54)47(8)9)23-22-43(6)35(39(33)45)14-15-37-42(5)19-17-34(31-10-12-32(13-11-31)40(51)52)41(3,4)36(42)18-20-44(37,43)7/h10-13,17,33,35-37,39,46H,1,14-16,18-29H2,2-9H3,(H,51,52). The first-order valence-corrected chi connectivity index (χ1v) is 22.5. The van der Waals surface area contributed by atoms with Crippen LogP contribution in [-0.4, -0.2) is 92.3 Å². The fourth-order valence-corrected chi connectivity index (χ4v) is 15.5. The van der Waals surface area contributed by atoms with Gasteiger partial charge in [0.05, 0.1) is 12.1 Å². The van der Waals surface area contributed by atoms with Crippen molar-refractivity contribution in [2.75, 3.05) is 53.4 Å². The van der Waals surface area contributed by atoms with Crippen molar-refractivity contribution in [2.24, 2.45) is 56.7 Å². The van der Waals surface area contributed by atoms with Gasteiger partial charge in [0.2, 0.25) is 5.91 Å². The van der Waals surface area contributed by atoms with Gasteiger partial charge in [0.15, 0.2) is 0 Å². The fraction of sp³-hybridized carbons (Fsp3) is 0.733. The molecule has 1 aromatic carbocycles. The Kier molecular flexibility index (Phi) is 10.4. The number of amides is 1. The number of carbonyl (C=O) groups is 2. The topological polar surface area (TPSA) is 110 Å². The zero-order chi connectivity index (χ0) is 39.9. The van der Waals surface area contributed by atoms with Gasteiger partial charge in [-0.3, -0.25) is 4.79 Å². The van der Waals surface area contributed by atoms with Gasteiger partial charge >= 0.3 is 5.97 Å². The number of fused-ring (bicyclic) bond motifs is 7. The maximum Gasteiger partial charge on any atom is 0.335 e. The van der Waals surface area contributed by atoms with Crippen LogP contribution in [0, 0.1) is 56.7 Å². The number of hydrogen-bond donors (Lipinski definition) is 2. The quantitative estimate of drug-likeness (QED) is 0.251. The average molecular weight is 777 g/mol. The molecule has 4 saturated carbocycles. The Morgan fingerprint density at radius 3 is 2.18 bits per heavy atom. The molecule has 1 aliphatic heterocycles. The highest BCUT2D eigenvalue weighted by Crippen LogP contribution is 2.77. The molecule has 9 unspecified atom stereocenters. The molecule has 10 heteroatoms. The number of piperazine rings is 1. The summed E-state index contributed by atoms with van der Waals surface area (Å²) in [5, 5.41) is 13.2. The van der Waals surface area contributed by atoms with E-state index < -0.39 is 16.2 Å². The lowest BCUT2D eigenvalue weighted by Crippen LogP contribution is -2.66. The second-order valence-electron chi connectivity index (χ2n) is 20.1. The van der Waals surface area contributed by atoms with E-state index in [1.54, 1.807) is 26.2 Å². The summed E-state index contributed by atoms with van der Waals surface area (Å²) >= 11 is 0. The molecule has 55 heavy (non-hydrogen) atoms. The molecule has 2 N–H and O–H groups in total. The monoisotopic (exact) mass is 776 g/mol. The summed E-state index contributed by atoms with van der Waals surface area (Å²) in [7, 11) is -0.373. The Morgan fingerprint density at radius 1 is 0.891 bits per heavy atom. The summed E-state index contributed by atoms with van der Waals surface area (Å²) in [5.74, 6) is 2.04. The summed E-state index contributed by atoms with van der Waals surface area (Å²) in [6.07, 6.45) is 13.3.